The van der Waals surface area contributed by atoms with E-state index in [4.69, 9.17) is 10.8 Å². The molecule has 1 aliphatic rings. The van der Waals surface area contributed by atoms with Gasteiger partial charge in [-0.3, -0.25) is 0 Å². The minimum Gasteiger partial charge on any atom is -0.400 e. The molecule has 0 atom stereocenters. The van der Waals surface area contributed by atoms with Gasteiger partial charge in [0.25, 0.3) is 8.32 Å². The second-order valence-corrected chi connectivity index (χ2v) is 14.5. The van der Waals surface area contributed by atoms with Gasteiger partial charge in [-0.2, -0.15) is 0 Å². The molecule has 0 aliphatic heterocycles. The van der Waals surface area contributed by atoms with E-state index in [9.17, 15) is 0 Å². The zero-order chi connectivity index (χ0) is 23.5. The van der Waals surface area contributed by atoms with Gasteiger partial charge in [-0.25, -0.2) is 0 Å². The zero-order valence-corrected chi connectivity index (χ0v) is 21.3. The number of benzene rings is 2. The molecule has 0 saturated heterocycles. The predicted octanol–water partition coefficient (Wildman–Crippen LogP) is 4.80. The van der Waals surface area contributed by atoms with Gasteiger partial charge in [-0.1, -0.05) is 81.4 Å². The highest BCUT2D eigenvalue weighted by molar-refractivity contribution is 6.99. The molecule has 2 aromatic carbocycles. The van der Waals surface area contributed by atoms with Crippen molar-refractivity contribution >= 4 is 18.7 Å². The van der Waals surface area contributed by atoms with E-state index in [0.29, 0.717) is 18.4 Å². The Hall–Kier alpha value is -2.68. The first-order chi connectivity index (χ1) is 15.9. The van der Waals surface area contributed by atoms with Gasteiger partial charge in [-0.05, 0) is 41.1 Å². The number of hydrogen-bond acceptors (Lipinski definition) is 3. The summed E-state index contributed by atoms with van der Waals surface area (Å²) in [6, 6.07) is 21.5. The lowest BCUT2D eigenvalue weighted by atomic mass is 9.82. The second-order valence-electron chi connectivity index (χ2n) is 10.2. The number of terminal acetylenes is 1. The van der Waals surface area contributed by atoms with Crippen LogP contribution in [0.3, 0.4) is 0 Å². The standard InChI is InChI=1S/C28H35N3OSi/c1-6-22-17-19-23(20-18-22)27-30-29-26(31(27)5)21-32-33(28(2,3)4,24-13-9-7-10-14-24)25-15-11-8-12-16-25/h1,7-16,22-23H,17-21H2,2-5H3. The Kier molecular flexibility index (Phi) is 6.88. The van der Waals surface area contributed by atoms with Crippen molar-refractivity contribution in [2.45, 2.75) is 64.0 Å². The molecule has 1 saturated carbocycles. The monoisotopic (exact) mass is 457 g/mol. The lowest BCUT2D eigenvalue weighted by Gasteiger charge is -2.42. The Bertz CT molecular complexity index is 1050. The molecular formula is C28H35N3OSi. The number of rotatable bonds is 6. The molecule has 0 N–H and O–H groups in total. The van der Waals surface area contributed by atoms with Crippen LogP contribution in [-0.2, 0) is 18.1 Å². The highest BCUT2D eigenvalue weighted by atomic mass is 28.4. The van der Waals surface area contributed by atoms with Gasteiger partial charge in [0, 0.05) is 18.9 Å². The Labute approximate surface area is 199 Å². The van der Waals surface area contributed by atoms with E-state index in [1.807, 2.05) is 0 Å². The van der Waals surface area contributed by atoms with E-state index < -0.39 is 8.32 Å². The highest BCUT2D eigenvalue weighted by Gasteiger charge is 2.50. The van der Waals surface area contributed by atoms with Crippen molar-refractivity contribution in [1.82, 2.24) is 14.8 Å². The lowest BCUT2D eigenvalue weighted by Crippen LogP contribution is -2.66. The van der Waals surface area contributed by atoms with E-state index >= 15 is 0 Å². The third kappa shape index (κ3) is 4.55. The summed E-state index contributed by atoms with van der Waals surface area (Å²) in [4.78, 5) is 0. The third-order valence-corrected chi connectivity index (χ3v) is 12.1. The van der Waals surface area contributed by atoms with Crippen molar-refractivity contribution in [2.24, 2.45) is 13.0 Å². The summed E-state index contributed by atoms with van der Waals surface area (Å²) < 4.78 is 9.21. The SMILES string of the molecule is C#CC1CCC(c2nnc(CO[Si](c3ccccc3)(c3ccccc3)C(C)(C)C)n2C)CC1. The maximum Gasteiger partial charge on any atom is 0.261 e. The van der Waals surface area contributed by atoms with Crippen LogP contribution in [0.4, 0.5) is 0 Å². The summed E-state index contributed by atoms with van der Waals surface area (Å²) in [6.45, 7) is 7.33. The van der Waals surface area contributed by atoms with Crippen molar-refractivity contribution in [1.29, 1.82) is 0 Å². The molecule has 0 amide bonds. The molecule has 1 aromatic heterocycles. The summed E-state index contributed by atoms with van der Waals surface area (Å²) in [5.41, 5.74) is 0. The topological polar surface area (TPSA) is 39.9 Å². The summed E-state index contributed by atoms with van der Waals surface area (Å²) in [5, 5.41) is 11.7. The summed E-state index contributed by atoms with van der Waals surface area (Å²) in [6.07, 6.45) is 9.94. The molecule has 0 unspecified atom stereocenters. The van der Waals surface area contributed by atoms with Gasteiger partial charge in [0.15, 0.2) is 5.82 Å². The van der Waals surface area contributed by atoms with Crippen LogP contribution in [0.15, 0.2) is 60.7 Å². The first-order valence-electron chi connectivity index (χ1n) is 12.0. The quantitative estimate of drug-likeness (QED) is 0.394. The summed E-state index contributed by atoms with van der Waals surface area (Å²) in [7, 11) is -0.527. The van der Waals surface area contributed by atoms with Gasteiger partial charge in [-0.15, -0.1) is 22.5 Å². The third-order valence-electron chi connectivity index (χ3n) is 7.16. The number of aromatic nitrogens is 3. The van der Waals surface area contributed by atoms with Crippen molar-refractivity contribution < 1.29 is 4.43 Å². The van der Waals surface area contributed by atoms with E-state index in [2.05, 4.69) is 109 Å². The Morgan fingerprint density at radius 3 is 1.97 bits per heavy atom. The first-order valence-corrected chi connectivity index (χ1v) is 13.9. The molecule has 4 nitrogen and oxygen atoms in total. The van der Waals surface area contributed by atoms with Crippen LogP contribution in [0.2, 0.25) is 5.04 Å². The summed E-state index contributed by atoms with van der Waals surface area (Å²) in [5.74, 6) is 5.70. The first kappa shape index (κ1) is 23.5. The molecule has 1 heterocycles. The highest BCUT2D eigenvalue weighted by Crippen LogP contribution is 2.38. The van der Waals surface area contributed by atoms with Crippen LogP contribution < -0.4 is 10.4 Å². The van der Waals surface area contributed by atoms with E-state index in [1.54, 1.807) is 0 Å². The molecule has 5 heteroatoms. The second kappa shape index (κ2) is 9.67. The maximum absolute atomic E-state index is 7.06. The van der Waals surface area contributed by atoms with Crippen LogP contribution >= 0.6 is 0 Å². The van der Waals surface area contributed by atoms with Crippen molar-refractivity contribution in [3.63, 3.8) is 0 Å². The van der Waals surface area contributed by atoms with Crippen molar-refractivity contribution in [3.05, 3.63) is 72.3 Å². The van der Waals surface area contributed by atoms with E-state index in [-0.39, 0.29) is 5.04 Å². The van der Waals surface area contributed by atoms with Crippen molar-refractivity contribution in [3.8, 4) is 12.3 Å². The zero-order valence-electron chi connectivity index (χ0n) is 20.3. The lowest BCUT2D eigenvalue weighted by molar-refractivity contribution is 0.271. The smallest absolute Gasteiger partial charge is 0.261 e. The van der Waals surface area contributed by atoms with Crippen LogP contribution in [0.5, 0.6) is 0 Å². The molecule has 33 heavy (non-hydrogen) atoms. The summed E-state index contributed by atoms with van der Waals surface area (Å²) >= 11 is 0. The fourth-order valence-corrected chi connectivity index (χ4v) is 9.81. The van der Waals surface area contributed by atoms with Gasteiger partial charge in [0.2, 0.25) is 0 Å². The van der Waals surface area contributed by atoms with Crippen molar-refractivity contribution in [2.75, 3.05) is 0 Å². The fraction of sp³-hybridized carbons (Fsp3) is 0.429. The van der Waals surface area contributed by atoms with E-state index in [1.165, 1.54) is 10.4 Å². The fourth-order valence-electron chi connectivity index (χ4n) is 5.31. The van der Waals surface area contributed by atoms with Gasteiger partial charge < -0.3 is 8.99 Å². The Morgan fingerprint density at radius 2 is 1.48 bits per heavy atom. The molecule has 0 radical (unpaired) electrons. The van der Waals surface area contributed by atoms with E-state index in [0.717, 1.165) is 37.3 Å². The molecule has 172 valence electrons. The Balaban J connectivity index is 1.65. The normalized spacial score (nSPS) is 19.2. The average Bonchev–Trinajstić information content (AvgIpc) is 3.20. The average molecular weight is 458 g/mol. The molecular weight excluding hydrogens is 422 g/mol. The molecule has 1 aliphatic carbocycles. The molecule has 3 aromatic rings. The molecule has 1 fully saturated rings. The number of nitrogens with zero attached hydrogens (tertiary/aromatic N) is 3. The molecule has 4 rings (SSSR count). The van der Waals surface area contributed by atoms with Crippen LogP contribution in [0, 0.1) is 18.3 Å². The molecule has 0 bridgehead atoms. The van der Waals surface area contributed by atoms with Gasteiger partial charge in [0.1, 0.15) is 5.82 Å². The minimum atomic E-state index is -2.60. The largest absolute Gasteiger partial charge is 0.400 e. The van der Waals surface area contributed by atoms with Crippen LogP contribution in [-0.4, -0.2) is 23.1 Å². The maximum atomic E-state index is 7.06. The minimum absolute atomic E-state index is 0.0647. The number of hydrogen-bond donors (Lipinski definition) is 0. The van der Waals surface area contributed by atoms with Crippen LogP contribution in [0.1, 0.15) is 64.0 Å². The van der Waals surface area contributed by atoms with Gasteiger partial charge >= 0.3 is 0 Å². The van der Waals surface area contributed by atoms with Gasteiger partial charge in [0.05, 0.1) is 6.61 Å². The Morgan fingerprint density at radius 1 is 0.939 bits per heavy atom. The predicted molar refractivity (Wildman–Crippen MR) is 137 cm³/mol. The van der Waals surface area contributed by atoms with Crippen LogP contribution in [0.25, 0.3) is 0 Å². The molecule has 0 spiro atoms.